The van der Waals surface area contributed by atoms with E-state index in [2.05, 4.69) is 15.6 Å². The molecule has 1 aromatic carbocycles. The molecule has 1 fully saturated rings. The molecule has 3 rings (SSSR count). The minimum Gasteiger partial charge on any atom is -0.380 e. The number of rotatable bonds is 3. The first kappa shape index (κ1) is 9.63. The number of hydrogen-bond donors (Lipinski definition) is 2. The highest BCUT2D eigenvalue weighted by atomic mass is 19.1. The highest BCUT2D eigenvalue weighted by molar-refractivity contribution is 6.00. The molecule has 0 saturated heterocycles. The van der Waals surface area contributed by atoms with Gasteiger partial charge in [0, 0.05) is 18.2 Å². The first-order valence-electron chi connectivity index (χ1n) is 5.68. The lowest BCUT2D eigenvalue weighted by Gasteiger charge is -2.08. The fourth-order valence-corrected chi connectivity index (χ4v) is 1.82. The molecule has 0 amide bonds. The molecule has 0 atom stereocenters. The lowest BCUT2D eigenvalue weighted by Crippen LogP contribution is -2.19. The van der Waals surface area contributed by atoms with Crippen LogP contribution in [0.2, 0.25) is 0 Å². The van der Waals surface area contributed by atoms with Crippen molar-refractivity contribution < 1.29 is 4.39 Å². The summed E-state index contributed by atoms with van der Waals surface area (Å²) in [5, 5.41) is 6.30. The Bertz CT molecular complexity index is 438. The van der Waals surface area contributed by atoms with E-state index in [9.17, 15) is 4.39 Å². The summed E-state index contributed by atoms with van der Waals surface area (Å²) in [5.74, 6) is 0.609. The third-order valence-electron chi connectivity index (χ3n) is 2.85. The van der Waals surface area contributed by atoms with Gasteiger partial charge in [-0.1, -0.05) is 0 Å². The zero-order valence-corrected chi connectivity index (χ0v) is 8.96. The van der Waals surface area contributed by atoms with E-state index in [1.54, 1.807) is 12.1 Å². The van der Waals surface area contributed by atoms with Crippen molar-refractivity contribution in [3.8, 4) is 0 Å². The molecule has 1 aliphatic carbocycles. The van der Waals surface area contributed by atoms with Gasteiger partial charge >= 0.3 is 0 Å². The summed E-state index contributed by atoms with van der Waals surface area (Å²) in [6.07, 6.45) is 2.30. The number of nitrogens with one attached hydrogen (secondary N) is 2. The molecule has 84 valence electrons. The van der Waals surface area contributed by atoms with Crippen molar-refractivity contribution in [2.24, 2.45) is 4.99 Å². The maximum Gasteiger partial charge on any atom is 0.147 e. The predicted molar refractivity (Wildman–Crippen MR) is 62.5 cm³/mol. The van der Waals surface area contributed by atoms with Gasteiger partial charge in [0.25, 0.3) is 0 Å². The van der Waals surface area contributed by atoms with Gasteiger partial charge in [0.05, 0.1) is 12.2 Å². The van der Waals surface area contributed by atoms with Gasteiger partial charge in [-0.15, -0.1) is 0 Å². The summed E-state index contributed by atoms with van der Waals surface area (Å²) in [5.41, 5.74) is 1.43. The maximum absolute atomic E-state index is 13.7. The summed E-state index contributed by atoms with van der Waals surface area (Å²) in [6, 6.07) is 5.72. The Kier molecular flexibility index (Phi) is 2.27. The van der Waals surface area contributed by atoms with E-state index in [4.69, 9.17) is 0 Å². The SMILES string of the molecule is Fc1cc(C2=NCCN2)ccc1NC1CC1. The van der Waals surface area contributed by atoms with Crippen molar-refractivity contribution in [3.05, 3.63) is 29.6 Å². The number of anilines is 1. The third-order valence-corrected chi connectivity index (χ3v) is 2.85. The van der Waals surface area contributed by atoms with Gasteiger partial charge in [-0.2, -0.15) is 0 Å². The van der Waals surface area contributed by atoms with Crippen LogP contribution in [0.5, 0.6) is 0 Å². The van der Waals surface area contributed by atoms with E-state index in [1.165, 1.54) is 0 Å². The Morgan fingerprint density at radius 2 is 2.25 bits per heavy atom. The molecule has 2 aliphatic rings. The molecule has 16 heavy (non-hydrogen) atoms. The summed E-state index contributed by atoms with van der Waals surface area (Å²) < 4.78 is 13.7. The van der Waals surface area contributed by atoms with Crippen molar-refractivity contribution in [2.75, 3.05) is 18.4 Å². The number of halogens is 1. The van der Waals surface area contributed by atoms with Crippen LogP contribution in [0.25, 0.3) is 0 Å². The Morgan fingerprint density at radius 3 is 2.88 bits per heavy atom. The molecule has 0 spiro atoms. The fraction of sp³-hybridized carbons (Fsp3) is 0.417. The maximum atomic E-state index is 13.7. The van der Waals surface area contributed by atoms with Crippen LogP contribution in [0.15, 0.2) is 23.2 Å². The van der Waals surface area contributed by atoms with Crippen molar-refractivity contribution in [2.45, 2.75) is 18.9 Å². The smallest absolute Gasteiger partial charge is 0.147 e. The normalized spacial score (nSPS) is 19.2. The number of amidine groups is 1. The highest BCUT2D eigenvalue weighted by Gasteiger charge is 2.22. The molecule has 2 N–H and O–H groups in total. The lowest BCUT2D eigenvalue weighted by atomic mass is 10.2. The fourth-order valence-electron chi connectivity index (χ4n) is 1.82. The topological polar surface area (TPSA) is 36.4 Å². The molecule has 0 unspecified atom stereocenters. The van der Waals surface area contributed by atoms with E-state index in [1.807, 2.05) is 6.07 Å². The van der Waals surface area contributed by atoms with E-state index in [0.717, 1.165) is 37.3 Å². The third kappa shape index (κ3) is 1.87. The highest BCUT2D eigenvalue weighted by Crippen LogP contribution is 2.26. The zero-order chi connectivity index (χ0) is 11.0. The minimum absolute atomic E-state index is 0.194. The molecule has 0 bridgehead atoms. The average Bonchev–Trinajstić information content (AvgIpc) is 2.94. The number of nitrogens with zero attached hydrogens (tertiary/aromatic N) is 1. The first-order valence-corrected chi connectivity index (χ1v) is 5.68. The molecule has 0 radical (unpaired) electrons. The second kappa shape index (κ2) is 3.77. The van der Waals surface area contributed by atoms with Gasteiger partial charge in [-0.3, -0.25) is 4.99 Å². The van der Waals surface area contributed by atoms with Gasteiger partial charge in [-0.05, 0) is 31.0 Å². The second-order valence-electron chi connectivity index (χ2n) is 4.27. The van der Waals surface area contributed by atoms with E-state index >= 15 is 0 Å². The van der Waals surface area contributed by atoms with Crippen LogP contribution < -0.4 is 10.6 Å². The van der Waals surface area contributed by atoms with Crippen molar-refractivity contribution in [1.29, 1.82) is 0 Å². The molecule has 1 saturated carbocycles. The van der Waals surface area contributed by atoms with Crippen LogP contribution in [0, 0.1) is 5.82 Å². The largest absolute Gasteiger partial charge is 0.380 e. The molecule has 3 nitrogen and oxygen atoms in total. The quantitative estimate of drug-likeness (QED) is 0.812. The average molecular weight is 219 g/mol. The standard InChI is InChI=1S/C12H14FN3/c13-10-7-8(12-14-5-6-15-12)1-4-11(10)16-9-2-3-9/h1,4,7,9,16H,2-3,5-6H2,(H,14,15). The molecule has 1 aromatic rings. The summed E-state index contributed by atoms with van der Waals surface area (Å²) in [6.45, 7) is 1.62. The van der Waals surface area contributed by atoms with Crippen LogP contribution in [-0.4, -0.2) is 25.0 Å². The Balaban J connectivity index is 1.83. The Morgan fingerprint density at radius 1 is 1.38 bits per heavy atom. The summed E-state index contributed by atoms with van der Waals surface area (Å²) in [4.78, 5) is 4.27. The van der Waals surface area contributed by atoms with Gasteiger partial charge < -0.3 is 10.6 Å². The summed E-state index contributed by atoms with van der Waals surface area (Å²) in [7, 11) is 0. The van der Waals surface area contributed by atoms with Gasteiger partial charge in [0.2, 0.25) is 0 Å². The van der Waals surface area contributed by atoms with Crippen LogP contribution in [-0.2, 0) is 0 Å². The molecular formula is C12H14FN3. The zero-order valence-electron chi connectivity index (χ0n) is 8.96. The van der Waals surface area contributed by atoms with E-state index in [0.29, 0.717) is 11.7 Å². The van der Waals surface area contributed by atoms with Gasteiger partial charge in [0.1, 0.15) is 11.7 Å². The Hall–Kier alpha value is -1.58. The molecule has 1 aliphatic heterocycles. The molecule has 4 heteroatoms. The van der Waals surface area contributed by atoms with Crippen molar-refractivity contribution in [3.63, 3.8) is 0 Å². The number of hydrogen-bond acceptors (Lipinski definition) is 3. The van der Waals surface area contributed by atoms with Crippen molar-refractivity contribution >= 4 is 11.5 Å². The van der Waals surface area contributed by atoms with Gasteiger partial charge in [-0.25, -0.2) is 4.39 Å². The van der Waals surface area contributed by atoms with Crippen LogP contribution in [0.3, 0.4) is 0 Å². The molecule has 0 aromatic heterocycles. The Labute approximate surface area is 93.8 Å². The number of benzene rings is 1. The first-order chi connectivity index (χ1) is 7.83. The van der Waals surface area contributed by atoms with Crippen molar-refractivity contribution in [1.82, 2.24) is 5.32 Å². The van der Waals surface area contributed by atoms with E-state index < -0.39 is 0 Å². The number of aliphatic imine (C=N–C) groups is 1. The summed E-state index contributed by atoms with van der Waals surface area (Å²) >= 11 is 0. The van der Waals surface area contributed by atoms with Crippen LogP contribution in [0.4, 0.5) is 10.1 Å². The van der Waals surface area contributed by atoms with Gasteiger partial charge in [0.15, 0.2) is 0 Å². The molecular weight excluding hydrogens is 205 g/mol. The lowest BCUT2D eigenvalue weighted by molar-refractivity contribution is 0.629. The van der Waals surface area contributed by atoms with E-state index in [-0.39, 0.29) is 5.82 Å². The molecule has 1 heterocycles. The van der Waals surface area contributed by atoms with Crippen LogP contribution in [0.1, 0.15) is 18.4 Å². The predicted octanol–water partition coefficient (Wildman–Crippen LogP) is 1.75. The monoisotopic (exact) mass is 219 g/mol. The van der Waals surface area contributed by atoms with Crippen LogP contribution >= 0.6 is 0 Å². The minimum atomic E-state index is -0.194. The second-order valence-corrected chi connectivity index (χ2v) is 4.27.